The molecule has 11 heteroatoms. The van der Waals surface area contributed by atoms with Crippen LogP contribution in [0.15, 0.2) is 65.7 Å². The molecule has 0 aliphatic rings. The number of ether oxygens (including phenoxy) is 2. The average molecular weight is 518 g/mol. The van der Waals surface area contributed by atoms with Gasteiger partial charge in [0.15, 0.2) is 11.7 Å². The molecule has 2 rings (SSSR count). The number of alkyl halides is 1. The van der Waals surface area contributed by atoms with Gasteiger partial charge in [-0.15, -0.1) is 11.6 Å². The summed E-state index contributed by atoms with van der Waals surface area (Å²) >= 11 is 5.74. The fourth-order valence-electron chi connectivity index (χ4n) is 3.13. The number of halogens is 1. The molecule has 0 saturated carbocycles. The first-order valence-corrected chi connectivity index (χ1v) is 12.0. The number of hydrogen-bond acceptors (Lipinski definition) is 6. The van der Waals surface area contributed by atoms with Crippen molar-refractivity contribution < 1.29 is 23.9 Å². The molecule has 2 amide bonds. The van der Waals surface area contributed by atoms with E-state index in [2.05, 4.69) is 15.6 Å². The van der Waals surface area contributed by atoms with Crippen molar-refractivity contribution in [2.45, 2.75) is 38.1 Å². The molecule has 0 saturated heterocycles. The van der Waals surface area contributed by atoms with Gasteiger partial charge >= 0.3 is 6.09 Å². The van der Waals surface area contributed by atoms with Crippen molar-refractivity contribution in [3.63, 3.8) is 0 Å². The number of carbonyl (C=O) groups is 3. The number of alkyl carbamates (subject to hydrolysis) is 1. The Balaban J connectivity index is 1.98. The van der Waals surface area contributed by atoms with E-state index in [0.29, 0.717) is 6.42 Å². The second kappa shape index (κ2) is 16.1. The Morgan fingerprint density at radius 2 is 1.50 bits per heavy atom. The smallest absolute Gasteiger partial charge is 0.408 e. The van der Waals surface area contributed by atoms with Crippen LogP contribution in [0.25, 0.3) is 0 Å². The van der Waals surface area contributed by atoms with E-state index in [4.69, 9.17) is 32.5 Å². The normalized spacial score (nSPS) is 12.1. The van der Waals surface area contributed by atoms with Gasteiger partial charge in [0.25, 0.3) is 0 Å². The molecule has 0 aromatic heterocycles. The second-order valence-electron chi connectivity index (χ2n) is 7.87. The molecule has 0 fully saturated rings. The fourth-order valence-corrected chi connectivity index (χ4v) is 3.32. The van der Waals surface area contributed by atoms with Crippen molar-refractivity contribution in [3.05, 3.63) is 71.8 Å². The van der Waals surface area contributed by atoms with E-state index in [1.54, 1.807) is 0 Å². The van der Waals surface area contributed by atoms with Crippen LogP contribution in [0.4, 0.5) is 4.79 Å². The van der Waals surface area contributed by atoms with Gasteiger partial charge in [0.05, 0.1) is 19.1 Å². The van der Waals surface area contributed by atoms with Crippen LogP contribution in [0.5, 0.6) is 0 Å². The highest BCUT2D eigenvalue weighted by Gasteiger charge is 2.27. The van der Waals surface area contributed by atoms with Gasteiger partial charge in [-0.1, -0.05) is 60.7 Å². The molecule has 0 aliphatic carbocycles. The summed E-state index contributed by atoms with van der Waals surface area (Å²) in [6, 6.07) is 16.5. The van der Waals surface area contributed by atoms with E-state index in [9.17, 15) is 14.4 Å². The van der Waals surface area contributed by atoms with Gasteiger partial charge in [-0.3, -0.25) is 14.6 Å². The van der Waals surface area contributed by atoms with Gasteiger partial charge in [-0.2, -0.15) is 0 Å². The van der Waals surface area contributed by atoms with Crippen molar-refractivity contribution in [2.24, 2.45) is 16.5 Å². The largest absolute Gasteiger partial charge is 0.445 e. The van der Waals surface area contributed by atoms with Crippen molar-refractivity contribution in [1.82, 2.24) is 10.6 Å². The third-order valence-electron chi connectivity index (χ3n) is 5.00. The predicted molar refractivity (Wildman–Crippen MR) is 137 cm³/mol. The van der Waals surface area contributed by atoms with Gasteiger partial charge < -0.3 is 31.6 Å². The Morgan fingerprint density at radius 3 is 2.08 bits per heavy atom. The number of guanidine groups is 1. The highest BCUT2D eigenvalue weighted by Crippen LogP contribution is 2.06. The molecule has 0 heterocycles. The van der Waals surface area contributed by atoms with Crippen LogP contribution >= 0.6 is 11.6 Å². The molecule has 6 N–H and O–H groups in total. The molecule has 0 unspecified atom stereocenters. The number of rotatable bonds is 15. The summed E-state index contributed by atoms with van der Waals surface area (Å²) in [6.45, 7) is 0.479. The minimum Gasteiger partial charge on any atom is -0.445 e. The zero-order valence-corrected chi connectivity index (χ0v) is 20.7. The van der Waals surface area contributed by atoms with Crippen LogP contribution in [0.2, 0.25) is 0 Å². The number of nitrogens with zero attached hydrogens (tertiary/aromatic N) is 1. The highest BCUT2D eigenvalue weighted by atomic mass is 35.5. The van der Waals surface area contributed by atoms with Crippen molar-refractivity contribution >= 4 is 35.3 Å². The number of nitrogens with one attached hydrogen (secondary N) is 2. The Kier molecular flexibility index (Phi) is 12.8. The first kappa shape index (κ1) is 28.6. The molecule has 10 nitrogen and oxygen atoms in total. The summed E-state index contributed by atoms with van der Waals surface area (Å²) in [5, 5.41) is 5.18. The third-order valence-corrected chi connectivity index (χ3v) is 5.26. The summed E-state index contributed by atoms with van der Waals surface area (Å²) < 4.78 is 10.9. The fraction of sp³-hybridized carbons (Fsp3) is 0.360. The molecule has 0 aliphatic heterocycles. The molecular weight excluding hydrogens is 486 g/mol. The Bertz CT molecular complexity index is 987. The monoisotopic (exact) mass is 517 g/mol. The SMILES string of the molecule is NC(N)=NCCC[C@H](NC(=O)OCc1ccccc1)C(=O)N[C@@H](COCc1ccccc1)C(=O)CCl. The zero-order chi connectivity index (χ0) is 26.2. The minimum atomic E-state index is -0.998. The van der Waals surface area contributed by atoms with Crippen LogP contribution < -0.4 is 22.1 Å². The first-order chi connectivity index (χ1) is 17.4. The number of amides is 2. The Labute approximate surface area is 215 Å². The Hall–Kier alpha value is -3.63. The maximum Gasteiger partial charge on any atom is 0.408 e. The molecule has 2 atom stereocenters. The predicted octanol–water partition coefficient (Wildman–Crippen LogP) is 1.84. The molecule has 0 bridgehead atoms. The molecule has 36 heavy (non-hydrogen) atoms. The van der Waals surface area contributed by atoms with Crippen LogP contribution in [0.3, 0.4) is 0 Å². The lowest BCUT2D eigenvalue weighted by Gasteiger charge is -2.22. The van der Waals surface area contributed by atoms with Crippen molar-refractivity contribution in [2.75, 3.05) is 19.0 Å². The molecule has 194 valence electrons. The number of nitrogens with two attached hydrogens (primary N) is 2. The minimum absolute atomic E-state index is 0.0374. The molecule has 0 spiro atoms. The number of benzene rings is 2. The number of Topliss-reactive ketones (excluding diaryl/α,β-unsaturated/α-hetero) is 1. The van der Waals surface area contributed by atoms with E-state index in [1.165, 1.54) is 0 Å². The van der Waals surface area contributed by atoms with E-state index < -0.39 is 29.9 Å². The van der Waals surface area contributed by atoms with Crippen LogP contribution in [-0.2, 0) is 32.3 Å². The summed E-state index contributed by atoms with van der Waals surface area (Å²) in [5.41, 5.74) is 12.4. The van der Waals surface area contributed by atoms with E-state index in [1.807, 2.05) is 60.7 Å². The van der Waals surface area contributed by atoms with Gasteiger partial charge in [-0.05, 0) is 24.0 Å². The number of hydrogen-bond donors (Lipinski definition) is 4. The van der Waals surface area contributed by atoms with Crippen LogP contribution in [0, 0.1) is 0 Å². The maximum absolute atomic E-state index is 13.0. The lowest BCUT2D eigenvalue weighted by Crippen LogP contribution is -2.53. The highest BCUT2D eigenvalue weighted by molar-refractivity contribution is 6.28. The summed E-state index contributed by atoms with van der Waals surface area (Å²) in [6.07, 6.45) is -0.176. The van der Waals surface area contributed by atoms with Crippen molar-refractivity contribution in [3.8, 4) is 0 Å². The summed E-state index contributed by atoms with van der Waals surface area (Å²) in [4.78, 5) is 41.6. The van der Waals surface area contributed by atoms with Crippen LogP contribution in [0.1, 0.15) is 24.0 Å². The Morgan fingerprint density at radius 1 is 0.889 bits per heavy atom. The van der Waals surface area contributed by atoms with Crippen molar-refractivity contribution in [1.29, 1.82) is 0 Å². The second-order valence-corrected chi connectivity index (χ2v) is 8.14. The van der Waals surface area contributed by atoms with Gasteiger partial charge in [0, 0.05) is 6.54 Å². The zero-order valence-electron chi connectivity index (χ0n) is 19.9. The third kappa shape index (κ3) is 11.2. The summed E-state index contributed by atoms with van der Waals surface area (Å²) in [5.74, 6) is -1.37. The van der Waals surface area contributed by atoms with E-state index >= 15 is 0 Å². The number of carbonyl (C=O) groups excluding carboxylic acids is 3. The lowest BCUT2D eigenvalue weighted by atomic mass is 10.1. The molecule has 2 aromatic rings. The average Bonchev–Trinajstić information content (AvgIpc) is 2.89. The molecule has 2 aromatic carbocycles. The first-order valence-electron chi connectivity index (χ1n) is 11.4. The topological polar surface area (TPSA) is 158 Å². The van der Waals surface area contributed by atoms with E-state index in [-0.39, 0.29) is 44.6 Å². The van der Waals surface area contributed by atoms with Gasteiger partial charge in [0.1, 0.15) is 18.7 Å². The van der Waals surface area contributed by atoms with Gasteiger partial charge in [-0.25, -0.2) is 4.79 Å². The maximum atomic E-state index is 13.0. The van der Waals surface area contributed by atoms with E-state index in [0.717, 1.165) is 11.1 Å². The molecular formula is C25H32ClN5O5. The quantitative estimate of drug-likeness (QED) is 0.121. The summed E-state index contributed by atoms with van der Waals surface area (Å²) in [7, 11) is 0. The molecule has 0 radical (unpaired) electrons. The number of ketones is 1. The number of aliphatic imine (C=N–C) groups is 1. The van der Waals surface area contributed by atoms with Crippen LogP contribution in [-0.4, -0.2) is 54.9 Å². The standard InChI is InChI=1S/C25H32ClN5O5/c26-14-22(32)21(17-35-15-18-8-3-1-4-9-18)30-23(33)20(12-7-13-29-24(27)28)31-25(34)36-16-19-10-5-2-6-11-19/h1-6,8-11,20-21H,7,12-17H2,(H,30,33)(H,31,34)(H4,27,28,29)/t20-,21-/m0/s1. The lowest BCUT2D eigenvalue weighted by molar-refractivity contribution is -0.129. The van der Waals surface area contributed by atoms with Gasteiger partial charge in [0.2, 0.25) is 5.91 Å².